The van der Waals surface area contributed by atoms with Gasteiger partial charge in [0, 0.05) is 12.8 Å². The fraction of sp³-hybridized carbons (Fsp3) is 0.227. The summed E-state index contributed by atoms with van der Waals surface area (Å²) < 4.78 is 10.4. The molecule has 0 fully saturated rings. The lowest BCUT2D eigenvalue weighted by Crippen LogP contribution is -2.14. The zero-order valence-corrected chi connectivity index (χ0v) is 16.4. The van der Waals surface area contributed by atoms with Crippen molar-refractivity contribution >= 4 is 16.9 Å². The first-order valence-corrected chi connectivity index (χ1v) is 9.68. The molecule has 0 aliphatic carbocycles. The SMILES string of the molecule is CCCc1noc(COC(=O)c2ccccc2Cc2nc3ccccc3c(=O)[nH]2)n1. The van der Waals surface area contributed by atoms with Crippen LogP contribution in [0.1, 0.15) is 46.8 Å². The van der Waals surface area contributed by atoms with Gasteiger partial charge >= 0.3 is 5.97 Å². The summed E-state index contributed by atoms with van der Waals surface area (Å²) in [6.07, 6.45) is 1.89. The van der Waals surface area contributed by atoms with Gasteiger partial charge < -0.3 is 14.2 Å². The van der Waals surface area contributed by atoms with Gasteiger partial charge in [0.25, 0.3) is 11.4 Å². The third kappa shape index (κ3) is 4.27. The number of aromatic amines is 1. The molecule has 0 bridgehead atoms. The summed E-state index contributed by atoms with van der Waals surface area (Å²) in [5.41, 5.74) is 1.48. The van der Waals surface area contributed by atoms with Crippen LogP contribution in [0.25, 0.3) is 10.9 Å². The molecule has 0 saturated carbocycles. The molecule has 0 spiro atoms. The van der Waals surface area contributed by atoms with E-state index in [2.05, 4.69) is 20.1 Å². The smallest absolute Gasteiger partial charge is 0.338 e. The topological polar surface area (TPSA) is 111 Å². The van der Waals surface area contributed by atoms with Crippen molar-refractivity contribution in [1.29, 1.82) is 0 Å². The summed E-state index contributed by atoms with van der Waals surface area (Å²) in [7, 11) is 0. The number of esters is 1. The largest absolute Gasteiger partial charge is 0.452 e. The number of hydrogen-bond donors (Lipinski definition) is 1. The maximum Gasteiger partial charge on any atom is 0.338 e. The standard InChI is InChI=1S/C22H20N4O4/c1-2-7-18-24-20(30-26-18)13-29-22(28)15-9-4-3-8-14(15)12-19-23-17-11-6-5-10-16(17)21(27)25-19/h3-6,8-11H,2,7,12-13H2,1H3,(H,23,25,27). The average molecular weight is 404 g/mol. The van der Waals surface area contributed by atoms with Gasteiger partial charge in [-0.25, -0.2) is 9.78 Å². The van der Waals surface area contributed by atoms with Crippen LogP contribution in [0.3, 0.4) is 0 Å². The van der Waals surface area contributed by atoms with E-state index in [9.17, 15) is 9.59 Å². The number of ether oxygens (including phenoxy) is 1. The molecule has 4 rings (SSSR count). The Morgan fingerprint density at radius 1 is 1.10 bits per heavy atom. The van der Waals surface area contributed by atoms with Gasteiger partial charge in [-0.1, -0.05) is 42.4 Å². The molecule has 4 aromatic rings. The first-order valence-electron chi connectivity index (χ1n) is 9.68. The van der Waals surface area contributed by atoms with E-state index in [1.54, 1.807) is 36.4 Å². The highest BCUT2D eigenvalue weighted by molar-refractivity contribution is 5.91. The summed E-state index contributed by atoms with van der Waals surface area (Å²) in [5.74, 6) is 0.809. The number of aromatic nitrogens is 4. The summed E-state index contributed by atoms with van der Waals surface area (Å²) in [5, 5.41) is 4.37. The van der Waals surface area contributed by atoms with Crippen molar-refractivity contribution in [3.8, 4) is 0 Å². The summed E-state index contributed by atoms with van der Waals surface area (Å²) in [4.78, 5) is 36.4. The number of hydrogen-bond acceptors (Lipinski definition) is 7. The van der Waals surface area contributed by atoms with E-state index in [-0.39, 0.29) is 24.5 Å². The van der Waals surface area contributed by atoms with E-state index >= 15 is 0 Å². The van der Waals surface area contributed by atoms with Crippen LogP contribution < -0.4 is 5.56 Å². The highest BCUT2D eigenvalue weighted by atomic mass is 16.6. The lowest BCUT2D eigenvalue weighted by molar-refractivity contribution is 0.0428. The normalized spacial score (nSPS) is 11.0. The van der Waals surface area contributed by atoms with E-state index in [0.717, 1.165) is 6.42 Å². The van der Waals surface area contributed by atoms with E-state index < -0.39 is 5.97 Å². The van der Waals surface area contributed by atoms with Crippen molar-refractivity contribution in [1.82, 2.24) is 20.1 Å². The van der Waals surface area contributed by atoms with E-state index in [0.29, 0.717) is 40.1 Å². The fourth-order valence-corrected chi connectivity index (χ4v) is 3.15. The van der Waals surface area contributed by atoms with Crippen molar-refractivity contribution in [2.45, 2.75) is 32.8 Å². The number of para-hydroxylation sites is 1. The molecule has 152 valence electrons. The Balaban J connectivity index is 1.52. The molecule has 0 atom stereocenters. The molecule has 1 N–H and O–H groups in total. The maximum absolute atomic E-state index is 12.6. The minimum atomic E-state index is -0.510. The maximum atomic E-state index is 12.6. The highest BCUT2D eigenvalue weighted by Gasteiger charge is 2.16. The van der Waals surface area contributed by atoms with Gasteiger partial charge in [0.2, 0.25) is 0 Å². The van der Waals surface area contributed by atoms with Gasteiger partial charge in [0.1, 0.15) is 5.82 Å². The van der Waals surface area contributed by atoms with Crippen LogP contribution >= 0.6 is 0 Å². The predicted molar refractivity (Wildman–Crippen MR) is 109 cm³/mol. The van der Waals surface area contributed by atoms with Crippen LogP contribution in [0.15, 0.2) is 57.8 Å². The van der Waals surface area contributed by atoms with E-state index in [1.165, 1.54) is 0 Å². The number of H-pyrrole nitrogens is 1. The monoisotopic (exact) mass is 404 g/mol. The number of carbonyl (C=O) groups is 1. The molecule has 2 aromatic heterocycles. The van der Waals surface area contributed by atoms with Crippen LogP contribution in [0.4, 0.5) is 0 Å². The Morgan fingerprint density at radius 2 is 1.90 bits per heavy atom. The number of nitrogens with one attached hydrogen (secondary N) is 1. The lowest BCUT2D eigenvalue weighted by atomic mass is 10.0. The number of rotatable bonds is 7. The zero-order chi connectivity index (χ0) is 20.9. The summed E-state index contributed by atoms with van der Waals surface area (Å²) >= 11 is 0. The Kier molecular flexibility index (Phi) is 5.65. The molecule has 0 unspecified atom stereocenters. The predicted octanol–water partition coefficient (Wildman–Crippen LogP) is 3.21. The molecule has 0 saturated heterocycles. The number of aryl methyl sites for hydroxylation is 1. The van der Waals surface area contributed by atoms with Crippen LogP contribution in [0, 0.1) is 0 Å². The zero-order valence-electron chi connectivity index (χ0n) is 16.4. The highest BCUT2D eigenvalue weighted by Crippen LogP contribution is 2.16. The van der Waals surface area contributed by atoms with Crippen LogP contribution in [-0.2, 0) is 24.2 Å². The molecule has 0 radical (unpaired) electrons. The molecule has 30 heavy (non-hydrogen) atoms. The minimum Gasteiger partial charge on any atom is -0.452 e. The number of carbonyl (C=O) groups excluding carboxylic acids is 1. The number of nitrogens with zero attached hydrogens (tertiary/aromatic N) is 3. The van der Waals surface area contributed by atoms with E-state index in [1.807, 2.05) is 19.1 Å². The van der Waals surface area contributed by atoms with Crippen molar-refractivity contribution in [2.24, 2.45) is 0 Å². The van der Waals surface area contributed by atoms with Crippen LogP contribution in [-0.4, -0.2) is 26.1 Å². The first-order chi connectivity index (χ1) is 14.6. The lowest BCUT2D eigenvalue weighted by Gasteiger charge is -2.09. The molecular weight excluding hydrogens is 384 g/mol. The Bertz CT molecular complexity index is 1250. The van der Waals surface area contributed by atoms with E-state index in [4.69, 9.17) is 9.26 Å². The van der Waals surface area contributed by atoms with Crippen LogP contribution in [0.2, 0.25) is 0 Å². The van der Waals surface area contributed by atoms with Gasteiger partial charge in [0.15, 0.2) is 12.4 Å². The van der Waals surface area contributed by atoms with Crippen molar-refractivity contribution in [3.63, 3.8) is 0 Å². The van der Waals surface area contributed by atoms with Gasteiger partial charge in [-0.15, -0.1) is 0 Å². The summed E-state index contributed by atoms with van der Waals surface area (Å²) in [6.45, 7) is 1.92. The van der Waals surface area contributed by atoms with Crippen molar-refractivity contribution in [2.75, 3.05) is 0 Å². The van der Waals surface area contributed by atoms with Crippen LogP contribution in [0.5, 0.6) is 0 Å². The number of fused-ring (bicyclic) bond motifs is 1. The van der Waals surface area contributed by atoms with Crippen molar-refractivity contribution < 1.29 is 14.1 Å². The minimum absolute atomic E-state index is 0.102. The van der Waals surface area contributed by atoms with Crippen molar-refractivity contribution in [3.05, 3.63) is 87.6 Å². The fourth-order valence-electron chi connectivity index (χ4n) is 3.15. The summed E-state index contributed by atoms with van der Waals surface area (Å²) in [6, 6.07) is 14.2. The van der Waals surface area contributed by atoms with Gasteiger partial charge in [-0.2, -0.15) is 4.98 Å². The average Bonchev–Trinajstić information content (AvgIpc) is 3.20. The van der Waals surface area contributed by atoms with Gasteiger partial charge in [0.05, 0.1) is 16.5 Å². The molecule has 2 heterocycles. The van der Waals surface area contributed by atoms with Gasteiger partial charge in [-0.05, 0) is 30.2 Å². The molecular formula is C22H20N4O4. The third-order valence-corrected chi connectivity index (χ3v) is 4.57. The second-order valence-corrected chi connectivity index (χ2v) is 6.79. The first kappa shape index (κ1) is 19.5. The Labute approximate surface area is 171 Å². The molecule has 0 aliphatic heterocycles. The van der Waals surface area contributed by atoms with Gasteiger partial charge in [-0.3, -0.25) is 4.79 Å². The molecule has 8 nitrogen and oxygen atoms in total. The second kappa shape index (κ2) is 8.69. The third-order valence-electron chi connectivity index (χ3n) is 4.57. The molecule has 8 heteroatoms. The molecule has 0 aliphatic rings. The Morgan fingerprint density at radius 3 is 2.77 bits per heavy atom. The second-order valence-electron chi connectivity index (χ2n) is 6.79. The number of benzene rings is 2. The quantitative estimate of drug-likeness (QED) is 0.471. The molecule has 0 amide bonds. The Hall–Kier alpha value is -3.81. The molecule has 2 aromatic carbocycles.